The molecular formula is C16H24N2OS. The standard InChI is InChI=1S/C16H24N2OS/c1-2-17-12-14-8-10-18(11-9-14)16(19)13-20-15-6-4-3-5-7-15/h3-7,14,17H,2,8-13H2,1H3. The lowest BCUT2D eigenvalue weighted by Gasteiger charge is -2.32. The molecule has 0 radical (unpaired) electrons. The average molecular weight is 292 g/mol. The molecule has 0 aliphatic carbocycles. The highest BCUT2D eigenvalue weighted by atomic mass is 32.2. The molecule has 0 aromatic heterocycles. The zero-order valence-corrected chi connectivity index (χ0v) is 13.0. The maximum absolute atomic E-state index is 12.2. The number of nitrogens with one attached hydrogen (secondary N) is 1. The number of carbonyl (C=O) groups excluding carboxylic acids is 1. The number of nitrogens with zero attached hydrogens (tertiary/aromatic N) is 1. The van der Waals surface area contributed by atoms with E-state index in [2.05, 4.69) is 24.4 Å². The molecule has 1 fully saturated rings. The number of hydrogen-bond donors (Lipinski definition) is 1. The Morgan fingerprint density at radius 3 is 2.65 bits per heavy atom. The maximum atomic E-state index is 12.2. The minimum absolute atomic E-state index is 0.278. The summed E-state index contributed by atoms with van der Waals surface area (Å²) in [5.41, 5.74) is 0. The Kier molecular flexibility index (Phi) is 6.40. The van der Waals surface area contributed by atoms with Crippen molar-refractivity contribution in [1.29, 1.82) is 0 Å². The zero-order valence-electron chi connectivity index (χ0n) is 12.2. The summed E-state index contributed by atoms with van der Waals surface area (Å²) in [7, 11) is 0. The smallest absolute Gasteiger partial charge is 0.232 e. The first-order valence-corrected chi connectivity index (χ1v) is 8.44. The number of carbonyl (C=O) groups is 1. The van der Waals surface area contributed by atoms with E-state index in [0.717, 1.165) is 44.9 Å². The lowest BCUT2D eigenvalue weighted by Crippen LogP contribution is -2.41. The summed E-state index contributed by atoms with van der Waals surface area (Å²) in [6.07, 6.45) is 2.27. The summed E-state index contributed by atoms with van der Waals surface area (Å²) in [5, 5.41) is 3.40. The van der Waals surface area contributed by atoms with E-state index in [9.17, 15) is 4.79 Å². The molecule has 1 aromatic rings. The molecule has 1 heterocycles. The predicted octanol–water partition coefficient (Wildman–Crippen LogP) is 2.63. The Hall–Kier alpha value is -1.00. The van der Waals surface area contributed by atoms with E-state index in [1.54, 1.807) is 11.8 Å². The Labute approximate surface area is 126 Å². The van der Waals surface area contributed by atoms with Gasteiger partial charge in [-0.15, -0.1) is 11.8 Å². The number of benzene rings is 1. The fourth-order valence-electron chi connectivity index (χ4n) is 2.49. The summed E-state index contributed by atoms with van der Waals surface area (Å²) in [5.74, 6) is 1.57. The molecule has 1 amide bonds. The third-order valence-electron chi connectivity index (χ3n) is 3.76. The minimum Gasteiger partial charge on any atom is -0.342 e. The predicted molar refractivity (Wildman–Crippen MR) is 85.0 cm³/mol. The van der Waals surface area contributed by atoms with Gasteiger partial charge in [0.1, 0.15) is 0 Å². The lowest BCUT2D eigenvalue weighted by molar-refractivity contribution is -0.129. The summed E-state index contributed by atoms with van der Waals surface area (Å²) < 4.78 is 0. The highest BCUT2D eigenvalue weighted by Crippen LogP contribution is 2.20. The van der Waals surface area contributed by atoms with Crippen molar-refractivity contribution in [2.24, 2.45) is 5.92 Å². The van der Waals surface area contributed by atoms with E-state index in [1.807, 2.05) is 23.1 Å². The Morgan fingerprint density at radius 1 is 1.30 bits per heavy atom. The first-order chi connectivity index (χ1) is 9.79. The van der Waals surface area contributed by atoms with E-state index >= 15 is 0 Å². The van der Waals surface area contributed by atoms with Gasteiger partial charge in [-0.1, -0.05) is 25.1 Å². The molecule has 1 N–H and O–H groups in total. The Bertz CT molecular complexity index is 402. The Balaban J connectivity index is 1.69. The molecule has 110 valence electrons. The Morgan fingerprint density at radius 2 is 2.00 bits per heavy atom. The van der Waals surface area contributed by atoms with Crippen molar-refractivity contribution in [2.75, 3.05) is 31.9 Å². The second-order valence-electron chi connectivity index (χ2n) is 5.23. The topological polar surface area (TPSA) is 32.3 Å². The molecule has 0 atom stereocenters. The van der Waals surface area contributed by atoms with Gasteiger partial charge in [0.15, 0.2) is 0 Å². The molecule has 0 bridgehead atoms. The van der Waals surface area contributed by atoms with Crippen molar-refractivity contribution < 1.29 is 4.79 Å². The lowest BCUT2D eigenvalue weighted by atomic mass is 9.97. The van der Waals surface area contributed by atoms with Crippen molar-refractivity contribution >= 4 is 17.7 Å². The van der Waals surface area contributed by atoms with E-state index in [-0.39, 0.29) is 5.91 Å². The normalized spacial score (nSPS) is 16.4. The number of piperidine rings is 1. The third-order valence-corrected chi connectivity index (χ3v) is 4.75. The van der Waals surface area contributed by atoms with Crippen molar-refractivity contribution in [3.05, 3.63) is 30.3 Å². The highest BCUT2D eigenvalue weighted by molar-refractivity contribution is 8.00. The van der Waals surface area contributed by atoms with E-state index in [0.29, 0.717) is 5.75 Å². The molecule has 1 aromatic carbocycles. The summed E-state index contributed by atoms with van der Waals surface area (Å²) >= 11 is 1.63. The second kappa shape index (κ2) is 8.32. The van der Waals surface area contributed by atoms with Gasteiger partial charge in [-0.3, -0.25) is 4.79 Å². The van der Waals surface area contributed by atoms with Gasteiger partial charge in [-0.05, 0) is 44.0 Å². The summed E-state index contributed by atoms with van der Waals surface area (Å²) in [6, 6.07) is 10.1. The molecule has 4 heteroatoms. The van der Waals surface area contributed by atoms with Crippen molar-refractivity contribution in [2.45, 2.75) is 24.7 Å². The number of amides is 1. The maximum Gasteiger partial charge on any atom is 0.232 e. The van der Waals surface area contributed by atoms with Crippen LogP contribution in [0.5, 0.6) is 0 Å². The van der Waals surface area contributed by atoms with Gasteiger partial charge >= 0.3 is 0 Å². The first kappa shape index (κ1) is 15.4. The summed E-state index contributed by atoms with van der Waals surface area (Å²) in [6.45, 7) is 6.11. The van der Waals surface area contributed by atoms with Crippen molar-refractivity contribution in [1.82, 2.24) is 10.2 Å². The molecule has 0 spiro atoms. The van der Waals surface area contributed by atoms with Crippen LogP contribution in [-0.2, 0) is 4.79 Å². The SMILES string of the molecule is CCNCC1CCN(C(=O)CSc2ccccc2)CC1. The number of rotatable bonds is 6. The van der Waals surface area contributed by atoms with Crippen LogP contribution in [-0.4, -0.2) is 42.7 Å². The quantitative estimate of drug-likeness (QED) is 0.818. The number of hydrogen-bond acceptors (Lipinski definition) is 3. The fourth-order valence-corrected chi connectivity index (χ4v) is 3.31. The van der Waals surface area contributed by atoms with Crippen LogP contribution >= 0.6 is 11.8 Å². The van der Waals surface area contributed by atoms with Crippen LogP contribution in [0.25, 0.3) is 0 Å². The van der Waals surface area contributed by atoms with E-state index in [1.165, 1.54) is 4.90 Å². The number of thioether (sulfide) groups is 1. The molecule has 3 nitrogen and oxygen atoms in total. The molecule has 20 heavy (non-hydrogen) atoms. The van der Waals surface area contributed by atoms with Crippen LogP contribution in [0.1, 0.15) is 19.8 Å². The fraction of sp³-hybridized carbons (Fsp3) is 0.562. The number of likely N-dealkylation sites (tertiary alicyclic amines) is 1. The van der Waals surface area contributed by atoms with Gasteiger partial charge in [0.25, 0.3) is 0 Å². The van der Waals surface area contributed by atoms with Gasteiger partial charge in [0.2, 0.25) is 5.91 Å². The van der Waals surface area contributed by atoms with Crippen LogP contribution in [0.2, 0.25) is 0 Å². The van der Waals surface area contributed by atoms with Crippen LogP contribution in [0.3, 0.4) is 0 Å². The third kappa shape index (κ3) is 4.84. The second-order valence-corrected chi connectivity index (χ2v) is 6.28. The van der Waals surface area contributed by atoms with Crippen LogP contribution in [0.4, 0.5) is 0 Å². The van der Waals surface area contributed by atoms with Crippen molar-refractivity contribution in [3.63, 3.8) is 0 Å². The highest BCUT2D eigenvalue weighted by Gasteiger charge is 2.22. The van der Waals surface area contributed by atoms with Crippen LogP contribution in [0, 0.1) is 5.92 Å². The van der Waals surface area contributed by atoms with Crippen molar-refractivity contribution in [3.8, 4) is 0 Å². The molecule has 0 saturated carbocycles. The van der Waals surface area contributed by atoms with E-state index < -0.39 is 0 Å². The largest absolute Gasteiger partial charge is 0.342 e. The van der Waals surface area contributed by atoms with E-state index in [4.69, 9.17) is 0 Å². The molecule has 2 rings (SSSR count). The minimum atomic E-state index is 0.278. The van der Waals surface area contributed by atoms with Crippen LogP contribution in [0.15, 0.2) is 35.2 Å². The average Bonchev–Trinajstić information content (AvgIpc) is 2.52. The zero-order chi connectivity index (χ0) is 14.2. The van der Waals surface area contributed by atoms with Gasteiger partial charge in [-0.25, -0.2) is 0 Å². The molecular weight excluding hydrogens is 268 g/mol. The van der Waals surface area contributed by atoms with Gasteiger partial charge in [0.05, 0.1) is 5.75 Å². The monoisotopic (exact) mass is 292 g/mol. The van der Waals surface area contributed by atoms with Gasteiger partial charge < -0.3 is 10.2 Å². The molecule has 1 aliphatic heterocycles. The molecule has 1 saturated heterocycles. The van der Waals surface area contributed by atoms with Gasteiger partial charge in [-0.2, -0.15) is 0 Å². The molecule has 0 unspecified atom stereocenters. The molecule has 1 aliphatic rings. The van der Waals surface area contributed by atoms with Gasteiger partial charge in [0, 0.05) is 18.0 Å². The van der Waals surface area contributed by atoms with Crippen LogP contribution < -0.4 is 5.32 Å². The first-order valence-electron chi connectivity index (χ1n) is 7.46. The summed E-state index contributed by atoms with van der Waals surface area (Å²) in [4.78, 5) is 15.4.